The molecule has 1 aromatic heterocycles. The number of carbonyl (C=O) groups excluding carboxylic acids is 1. The Morgan fingerprint density at radius 2 is 1.63 bits per heavy atom. The Balaban J connectivity index is 0.00000320. The van der Waals surface area contributed by atoms with Crippen molar-refractivity contribution in [3.8, 4) is 5.75 Å². The number of carbonyl (C=O) groups is 1. The molecule has 164 valence electrons. The van der Waals surface area contributed by atoms with Crippen molar-refractivity contribution in [3.63, 3.8) is 0 Å². The number of rotatable bonds is 4. The molecule has 3 rings (SSSR count). The fourth-order valence-corrected chi connectivity index (χ4v) is 4.36. The molecular formula is C17H18ClF3N4O4S. The summed E-state index contributed by atoms with van der Waals surface area (Å²) >= 11 is 0. The van der Waals surface area contributed by atoms with Gasteiger partial charge in [0.15, 0.2) is 0 Å². The van der Waals surface area contributed by atoms with E-state index in [0.29, 0.717) is 18.5 Å². The first-order chi connectivity index (χ1) is 13.7. The van der Waals surface area contributed by atoms with Crippen molar-refractivity contribution < 1.29 is 31.1 Å². The first-order valence-electron chi connectivity index (χ1n) is 8.57. The molecule has 2 heterocycles. The van der Waals surface area contributed by atoms with Crippen molar-refractivity contribution in [2.75, 3.05) is 26.2 Å². The predicted molar refractivity (Wildman–Crippen MR) is 102 cm³/mol. The van der Waals surface area contributed by atoms with E-state index in [0.717, 1.165) is 24.3 Å². The predicted octanol–water partition coefficient (Wildman–Crippen LogP) is 2.33. The number of benzene rings is 1. The van der Waals surface area contributed by atoms with Gasteiger partial charge in [0, 0.05) is 38.6 Å². The Hall–Kier alpha value is -2.44. The van der Waals surface area contributed by atoms with Gasteiger partial charge in [0.05, 0.1) is 10.5 Å². The van der Waals surface area contributed by atoms with Crippen molar-refractivity contribution in [3.05, 3.63) is 48.5 Å². The molecular weight excluding hydrogens is 449 g/mol. The van der Waals surface area contributed by atoms with E-state index >= 15 is 0 Å². The number of alkyl halides is 3. The van der Waals surface area contributed by atoms with Crippen LogP contribution in [0.5, 0.6) is 5.75 Å². The van der Waals surface area contributed by atoms with Crippen molar-refractivity contribution in [1.82, 2.24) is 19.2 Å². The summed E-state index contributed by atoms with van der Waals surface area (Å²) in [5, 5.41) is 0. The third-order valence-corrected chi connectivity index (χ3v) is 6.16. The van der Waals surface area contributed by atoms with E-state index in [2.05, 4.69) is 14.7 Å². The van der Waals surface area contributed by atoms with Crippen molar-refractivity contribution in [2.24, 2.45) is 0 Å². The van der Waals surface area contributed by atoms with E-state index in [-0.39, 0.29) is 42.8 Å². The fraction of sp³-hybridized carbons (Fsp3) is 0.353. The molecule has 2 aromatic rings. The molecule has 1 aromatic carbocycles. The lowest BCUT2D eigenvalue weighted by molar-refractivity contribution is -0.274. The normalized spacial score (nSPS) is 15.8. The van der Waals surface area contributed by atoms with Crippen LogP contribution in [-0.4, -0.2) is 66.0 Å². The molecule has 0 aliphatic carbocycles. The summed E-state index contributed by atoms with van der Waals surface area (Å²) in [6.07, 6.45) is -0.365. The molecule has 0 bridgehead atoms. The lowest BCUT2D eigenvalue weighted by Gasteiger charge is -2.22. The van der Waals surface area contributed by atoms with Gasteiger partial charge in [0.25, 0.3) is 5.91 Å². The van der Waals surface area contributed by atoms with Crippen molar-refractivity contribution in [1.29, 1.82) is 0 Å². The van der Waals surface area contributed by atoms with Crippen LogP contribution in [0, 0.1) is 0 Å². The minimum atomic E-state index is -4.86. The highest BCUT2D eigenvalue weighted by Gasteiger charge is 2.32. The second kappa shape index (κ2) is 9.58. The molecule has 1 aliphatic rings. The van der Waals surface area contributed by atoms with Crippen LogP contribution in [-0.2, 0) is 10.0 Å². The summed E-state index contributed by atoms with van der Waals surface area (Å²) < 4.78 is 67.4. The molecule has 30 heavy (non-hydrogen) atoms. The largest absolute Gasteiger partial charge is 0.573 e. The van der Waals surface area contributed by atoms with E-state index < -0.39 is 22.1 Å². The number of hydrogen-bond donors (Lipinski definition) is 0. The zero-order valence-electron chi connectivity index (χ0n) is 15.4. The van der Waals surface area contributed by atoms with Crippen LogP contribution < -0.4 is 4.74 Å². The molecule has 0 N–H and O–H groups in total. The molecule has 0 saturated carbocycles. The molecule has 0 spiro atoms. The van der Waals surface area contributed by atoms with Crippen LogP contribution in [0.2, 0.25) is 0 Å². The molecule has 1 aliphatic heterocycles. The van der Waals surface area contributed by atoms with E-state index in [9.17, 15) is 26.4 Å². The van der Waals surface area contributed by atoms with Gasteiger partial charge in [-0.2, -0.15) is 4.31 Å². The summed E-state index contributed by atoms with van der Waals surface area (Å²) in [6, 6.07) is 4.02. The van der Waals surface area contributed by atoms with Gasteiger partial charge >= 0.3 is 6.36 Å². The Bertz CT molecular complexity index is 959. The minimum Gasteiger partial charge on any atom is -0.406 e. The first kappa shape index (κ1) is 23.8. The van der Waals surface area contributed by atoms with Gasteiger partial charge in [-0.1, -0.05) is 0 Å². The molecule has 0 unspecified atom stereocenters. The summed E-state index contributed by atoms with van der Waals surface area (Å²) in [5.74, 6) is -0.798. The van der Waals surface area contributed by atoms with Crippen LogP contribution >= 0.6 is 12.4 Å². The second-order valence-corrected chi connectivity index (χ2v) is 8.13. The highest BCUT2D eigenvalue weighted by Crippen LogP contribution is 2.25. The molecule has 1 amide bonds. The van der Waals surface area contributed by atoms with Gasteiger partial charge < -0.3 is 9.64 Å². The Morgan fingerprint density at radius 1 is 1.00 bits per heavy atom. The first-order valence-corrected chi connectivity index (χ1v) is 10.0. The Morgan fingerprint density at radius 3 is 2.23 bits per heavy atom. The smallest absolute Gasteiger partial charge is 0.406 e. The molecule has 1 fully saturated rings. The van der Waals surface area contributed by atoms with Gasteiger partial charge in [0.1, 0.15) is 12.1 Å². The number of halogens is 4. The van der Waals surface area contributed by atoms with Gasteiger partial charge in [-0.05, 0) is 30.7 Å². The summed E-state index contributed by atoms with van der Waals surface area (Å²) in [6.45, 7) is 0.765. The van der Waals surface area contributed by atoms with Crippen LogP contribution in [0.15, 0.2) is 47.9 Å². The van der Waals surface area contributed by atoms with Gasteiger partial charge in [-0.3, -0.25) is 4.79 Å². The highest BCUT2D eigenvalue weighted by molar-refractivity contribution is 7.89. The van der Waals surface area contributed by atoms with Crippen LogP contribution in [0.4, 0.5) is 13.2 Å². The van der Waals surface area contributed by atoms with E-state index in [1.165, 1.54) is 27.9 Å². The maximum absolute atomic E-state index is 12.8. The highest BCUT2D eigenvalue weighted by atomic mass is 35.5. The van der Waals surface area contributed by atoms with E-state index in [4.69, 9.17) is 0 Å². The zero-order chi connectivity index (χ0) is 21.1. The molecule has 13 heteroatoms. The van der Waals surface area contributed by atoms with Gasteiger partial charge in [0.2, 0.25) is 10.0 Å². The van der Waals surface area contributed by atoms with Crippen LogP contribution in [0.25, 0.3) is 0 Å². The maximum atomic E-state index is 12.8. The third kappa shape index (κ3) is 5.80. The average molecular weight is 467 g/mol. The molecule has 0 atom stereocenters. The van der Waals surface area contributed by atoms with Gasteiger partial charge in [-0.15, -0.1) is 25.6 Å². The summed E-state index contributed by atoms with van der Waals surface area (Å²) in [7, 11) is -3.93. The molecule has 1 saturated heterocycles. The average Bonchev–Trinajstić information content (AvgIpc) is 2.94. The quantitative estimate of drug-likeness (QED) is 0.686. The number of aromatic nitrogens is 2. The number of nitrogens with zero attached hydrogens (tertiary/aromatic N) is 4. The lowest BCUT2D eigenvalue weighted by atomic mass is 10.3. The Kier molecular flexibility index (Phi) is 7.61. The van der Waals surface area contributed by atoms with E-state index in [1.807, 2.05) is 0 Å². The SMILES string of the molecule is Cl.O=C(c1cncnc1)N1CCCN(S(=O)(=O)c2ccc(OC(F)(F)F)cc2)CC1. The summed E-state index contributed by atoms with van der Waals surface area (Å²) in [4.78, 5) is 21.5. The summed E-state index contributed by atoms with van der Waals surface area (Å²) in [5.41, 5.74) is 0.309. The number of ether oxygens (including phenoxy) is 1. The number of hydrogen-bond acceptors (Lipinski definition) is 6. The monoisotopic (exact) mass is 466 g/mol. The lowest BCUT2D eigenvalue weighted by Crippen LogP contribution is -2.37. The zero-order valence-corrected chi connectivity index (χ0v) is 17.1. The minimum absolute atomic E-state index is 0. The van der Waals surface area contributed by atoms with Crippen molar-refractivity contribution >= 4 is 28.3 Å². The number of sulfonamides is 1. The maximum Gasteiger partial charge on any atom is 0.573 e. The van der Waals surface area contributed by atoms with Crippen molar-refractivity contribution in [2.45, 2.75) is 17.7 Å². The fourth-order valence-electron chi connectivity index (χ4n) is 2.89. The second-order valence-electron chi connectivity index (χ2n) is 6.20. The topological polar surface area (TPSA) is 92.7 Å². The molecule has 0 radical (unpaired) electrons. The van der Waals surface area contributed by atoms with Gasteiger partial charge in [-0.25, -0.2) is 18.4 Å². The van der Waals surface area contributed by atoms with E-state index in [1.54, 1.807) is 0 Å². The third-order valence-electron chi connectivity index (χ3n) is 4.24. The number of amides is 1. The van der Waals surface area contributed by atoms with Crippen LogP contribution in [0.1, 0.15) is 16.8 Å². The van der Waals surface area contributed by atoms with Crippen LogP contribution in [0.3, 0.4) is 0 Å². The molecule has 8 nitrogen and oxygen atoms in total. The standard InChI is InChI=1S/C17H17F3N4O4S.ClH/c18-17(19,20)28-14-2-4-15(5-3-14)29(26,27)24-7-1-6-23(8-9-24)16(25)13-10-21-12-22-11-13;/h2-5,10-12H,1,6-9H2;1H. The Labute approximate surface area is 177 Å².